The van der Waals surface area contributed by atoms with Gasteiger partial charge in [-0.2, -0.15) is 0 Å². The van der Waals surface area contributed by atoms with E-state index >= 15 is 0 Å². The predicted octanol–water partition coefficient (Wildman–Crippen LogP) is 1.86. The highest BCUT2D eigenvalue weighted by Gasteiger charge is 2.13. The van der Waals surface area contributed by atoms with Crippen LogP contribution in [0.1, 0.15) is 30.6 Å². The molecule has 2 N–H and O–H groups in total. The van der Waals surface area contributed by atoms with Gasteiger partial charge in [0.2, 0.25) is 0 Å². The van der Waals surface area contributed by atoms with Crippen LogP contribution < -0.4 is 5.32 Å². The van der Waals surface area contributed by atoms with Crippen molar-refractivity contribution in [1.82, 2.24) is 5.32 Å². The fourth-order valence-electron chi connectivity index (χ4n) is 1.54. The van der Waals surface area contributed by atoms with Crippen molar-refractivity contribution in [2.45, 2.75) is 37.3 Å². The SMILES string of the molecule is CC(O)CC(C)NC(=O)c1ccccc1S. The van der Waals surface area contributed by atoms with Crippen LogP contribution in [0.15, 0.2) is 29.2 Å². The van der Waals surface area contributed by atoms with Crippen LogP contribution in [-0.2, 0) is 0 Å². The summed E-state index contributed by atoms with van der Waals surface area (Å²) in [6.45, 7) is 3.57. The van der Waals surface area contributed by atoms with Crippen LogP contribution in [0, 0.1) is 0 Å². The van der Waals surface area contributed by atoms with Crippen molar-refractivity contribution >= 4 is 18.5 Å². The first-order valence-electron chi connectivity index (χ1n) is 5.27. The molecule has 0 fully saturated rings. The van der Waals surface area contributed by atoms with Crippen molar-refractivity contribution in [3.8, 4) is 0 Å². The van der Waals surface area contributed by atoms with Crippen LogP contribution in [0.2, 0.25) is 0 Å². The van der Waals surface area contributed by atoms with E-state index in [9.17, 15) is 9.90 Å². The van der Waals surface area contributed by atoms with E-state index < -0.39 is 6.10 Å². The lowest BCUT2D eigenvalue weighted by atomic mass is 10.1. The monoisotopic (exact) mass is 239 g/mol. The van der Waals surface area contributed by atoms with Gasteiger partial charge in [0, 0.05) is 10.9 Å². The Balaban J connectivity index is 2.63. The predicted molar refractivity (Wildman–Crippen MR) is 66.9 cm³/mol. The first-order valence-corrected chi connectivity index (χ1v) is 5.72. The van der Waals surface area contributed by atoms with E-state index in [4.69, 9.17) is 0 Å². The summed E-state index contributed by atoms with van der Waals surface area (Å²) >= 11 is 4.22. The Kier molecular flexibility index (Phi) is 4.83. The van der Waals surface area contributed by atoms with Gasteiger partial charge >= 0.3 is 0 Å². The lowest BCUT2D eigenvalue weighted by Gasteiger charge is -2.15. The molecule has 0 bridgehead atoms. The minimum Gasteiger partial charge on any atom is -0.393 e. The van der Waals surface area contributed by atoms with Gasteiger partial charge in [-0.05, 0) is 32.4 Å². The number of aliphatic hydroxyl groups excluding tert-OH is 1. The van der Waals surface area contributed by atoms with Gasteiger partial charge < -0.3 is 10.4 Å². The number of thiol groups is 1. The largest absolute Gasteiger partial charge is 0.393 e. The Morgan fingerprint density at radius 1 is 1.44 bits per heavy atom. The Morgan fingerprint density at radius 3 is 2.62 bits per heavy atom. The third kappa shape index (κ3) is 3.87. The zero-order chi connectivity index (χ0) is 12.1. The van der Waals surface area contributed by atoms with Gasteiger partial charge in [0.25, 0.3) is 5.91 Å². The zero-order valence-corrected chi connectivity index (χ0v) is 10.4. The molecule has 2 atom stereocenters. The highest BCUT2D eigenvalue weighted by molar-refractivity contribution is 7.80. The van der Waals surface area contributed by atoms with Crippen molar-refractivity contribution in [2.75, 3.05) is 0 Å². The average molecular weight is 239 g/mol. The normalized spacial score (nSPS) is 14.2. The minimum absolute atomic E-state index is 0.0551. The van der Waals surface area contributed by atoms with E-state index in [1.165, 1.54) is 0 Å². The number of rotatable bonds is 4. The van der Waals surface area contributed by atoms with Crippen molar-refractivity contribution in [1.29, 1.82) is 0 Å². The summed E-state index contributed by atoms with van der Waals surface area (Å²) in [6, 6.07) is 7.08. The molecule has 0 radical (unpaired) electrons. The van der Waals surface area contributed by atoms with E-state index in [1.807, 2.05) is 13.0 Å². The molecule has 0 heterocycles. The molecule has 2 unspecified atom stereocenters. The molecule has 1 amide bonds. The third-order valence-electron chi connectivity index (χ3n) is 2.22. The number of benzene rings is 1. The summed E-state index contributed by atoms with van der Waals surface area (Å²) in [4.78, 5) is 12.5. The van der Waals surface area contributed by atoms with Gasteiger partial charge in [0.15, 0.2) is 0 Å². The first kappa shape index (κ1) is 13.1. The van der Waals surface area contributed by atoms with E-state index in [0.717, 1.165) is 0 Å². The summed E-state index contributed by atoms with van der Waals surface area (Å²) in [5, 5.41) is 12.0. The van der Waals surface area contributed by atoms with Crippen LogP contribution in [0.5, 0.6) is 0 Å². The summed E-state index contributed by atoms with van der Waals surface area (Å²) in [6.07, 6.45) is 0.127. The Morgan fingerprint density at radius 2 is 2.06 bits per heavy atom. The zero-order valence-electron chi connectivity index (χ0n) is 9.47. The fraction of sp³-hybridized carbons (Fsp3) is 0.417. The maximum absolute atomic E-state index is 11.8. The van der Waals surface area contributed by atoms with Crippen LogP contribution in [-0.4, -0.2) is 23.2 Å². The van der Waals surface area contributed by atoms with Gasteiger partial charge in [-0.1, -0.05) is 12.1 Å². The molecular weight excluding hydrogens is 222 g/mol. The fourth-order valence-corrected chi connectivity index (χ4v) is 1.80. The Bertz CT molecular complexity index is 366. The summed E-state index contributed by atoms with van der Waals surface area (Å²) in [5.41, 5.74) is 0.559. The second-order valence-corrected chi connectivity index (χ2v) is 4.46. The van der Waals surface area contributed by atoms with Crippen LogP contribution in [0.4, 0.5) is 0 Å². The van der Waals surface area contributed by atoms with Gasteiger partial charge in [-0.25, -0.2) is 0 Å². The number of amides is 1. The van der Waals surface area contributed by atoms with Gasteiger partial charge in [-0.15, -0.1) is 12.6 Å². The molecule has 1 aromatic carbocycles. The molecule has 88 valence electrons. The van der Waals surface area contributed by atoms with E-state index in [2.05, 4.69) is 17.9 Å². The second kappa shape index (κ2) is 5.92. The molecule has 16 heavy (non-hydrogen) atoms. The third-order valence-corrected chi connectivity index (χ3v) is 2.61. The maximum atomic E-state index is 11.8. The number of hydrogen-bond acceptors (Lipinski definition) is 3. The lowest BCUT2D eigenvalue weighted by molar-refractivity contribution is 0.0920. The van der Waals surface area contributed by atoms with Crippen molar-refractivity contribution in [3.63, 3.8) is 0 Å². The number of aliphatic hydroxyl groups is 1. The lowest BCUT2D eigenvalue weighted by Crippen LogP contribution is -2.34. The quantitative estimate of drug-likeness (QED) is 0.702. The summed E-state index contributed by atoms with van der Waals surface area (Å²) < 4.78 is 0. The van der Waals surface area contributed by atoms with Crippen LogP contribution in [0.25, 0.3) is 0 Å². The Hall–Kier alpha value is -1.00. The Labute approximate surface area is 101 Å². The first-order chi connectivity index (χ1) is 7.50. The smallest absolute Gasteiger partial charge is 0.252 e. The molecule has 0 saturated heterocycles. The minimum atomic E-state index is -0.415. The number of hydrogen-bond donors (Lipinski definition) is 3. The molecule has 0 saturated carbocycles. The van der Waals surface area contributed by atoms with E-state index in [-0.39, 0.29) is 11.9 Å². The molecule has 3 nitrogen and oxygen atoms in total. The molecule has 0 aliphatic carbocycles. The number of carbonyl (C=O) groups is 1. The van der Waals surface area contributed by atoms with Crippen molar-refractivity contribution in [3.05, 3.63) is 29.8 Å². The second-order valence-electron chi connectivity index (χ2n) is 3.98. The number of nitrogens with one attached hydrogen (secondary N) is 1. The standard InChI is InChI=1S/C12H17NO2S/c1-8(7-9(2)14)13-12(15)10-5-3-4-6-11(10)16/h3-6,8-9,14,16H,7H2,1-2H3,(H,13,15). The summed E-state index contributed by atoms with van der Waals surface area (Å²) in [7, 11) is 0. The molecular formula is C12H17NO2S. The van der Waals surface area contributed by atoms with Crippen molar-refractivity contribution in [2.24, 2.45) is 0 Å². The molecule has 0 aromatic heterocycles. The van der Waals surface area contributed by atoms with Crippen molar-refractivity contribution < 1.29 is 9.90 Å². The summed E-state index contributed by atoms with van der Waals surface area (Å²) in [5.74, 6) is -0.154. The van der Waals surface area contributed by atoms with Crippen LogP contribution >= 0.6 is 12.6 Å². The highest BCUT2D eigenvalue weighted by Crippen LogP contribution is 2.13. The molecule has 0 spiro atoms. The average Bonchev–Trinajstić information content (AvgIpc) is 2.16. The van der Waals surface area contributed by atoms with E-state index in [1.54, 1.807) is 25.1 Å². The molecule has 1 aromatic rings. The molecule has 1 rings (SSSR count). The van der Waals surface area contributed by atoms with Crippen LogP contribution in [0.3, 0.4) is 0 Å². The molecule has 0 aliphatic heterocycles. The highest BCUT2D eigenvalue weighted by atomic mass is 32.1. The molecule has 4 heteroatoms. The van der Waals surface area contributed by atoms with Gasteiger partial charge in [0.1, 0.15) is 0 Å². The topological polar surface area (TPSA) is 49.3 Å². The van der Waals surface area contributed by atoms with E-state index in [0.29, 0.717) is 16.9 Å². The van der Waals surface area contributed by atoms with Gasteiger partial charge in [-0.3, -0.25) is 4.79 Å². The maximum Gasteiger partial charge on any atom is 0.252 e. The number of carbonyl (C=O) groups excluding carboxylic acids is 1. The molecule has 0 aliphatic rings. The van der Waals surface area contributed by atoms with Gasteiger partial charge in [0.05, 0.1) is 11.7 Å².